The number of hydrogen-bond donors (Lipinski definition) is 1. The van der Waals surface area contributed by atoms with Crippen LogP contribution < -0.4 is 9.64 Å². The number of aryl methyl sites for hydroxylation is 1. The molecule has 1 aromatic heterocycles. The largest absolute Gasteiger partial charge is 0.490 e. The quantitative estimate of drug-likeness (QED) is 0.301. The molecule has 0 saturated carbocycles. The Bertz CT molecular complexity index is 1320. The number of aromatic nitrogens is 1. The molecule has 1 N–H and O–H groups in total. The van der Waals surface area contributed by atoms with Crippen LogP contribution in [-0.4, -0.2) is 41.4 Å². The lowest BCUT2D eigenvalue weighted by Gasteiger charge is -2.41. The molecule has 7 heteroatoms. The van der Waals surface area contributed by atoms with Gasteiger partial charge in [0.15, 0.2) is 17.7 Å². The van der Waals surface area contributed by atoms with Gasteiger partial charge in [0.1, 0.15) is 0 Å². The smallest absolute Gasteiger partial charge is 0.337 e. The second-order valence-corrected chi connectivity index (χ2v) is 12.3. The van der Waals surface area contributed by atoms with Crippen molar-refractivity contribution < 1.29 is 23.8 Å². The van der Waals surface area contributed by atoms with E-state index in [2.05, 4.69) is 23.7 Å². The normalized spacial score (nSPS) is 16.0. The van der Waals surface area contributed by atoms with Gasteiger partial charge in [0.2, 0.25) is 0 Å². The Morgan fingerprint density at radius 3 is 2.40 bits per heavy atom. The lowest BCUT2D eigenvalue weighted by atomic mass is 9.82. The van der Waals surface area contributed by atoms with Crippen LogP contribution in [0.5, 0.6) is 5.75 Å². The highest BCUT2D eigenvalue weighted by Gasteiger charge is 2.35. The minimum Gasteiger partial charge on any atom is -0.490 e. The van der Waals surface area contributed by atoms with Gasteiger partial charge in [0.25, 0.3) is 0 Å². The molecule has 2 aromatic carbocycles. The number of rotatable bonds is 9. The molecule has 1 aliphatic rings. The first-order chi connectivity index (χ1) is 18.8. The van der Waals surface area contributed by atoms with E-state index in [1.165, 1.54) is 6.07 Å². The molecule has 1 atom stereocenters. The van der Waals surface area contributed by atoms with Crippen LogP contribution in [0.2, 0.25) is 0 Å². The van der Waals surface area contributed by atoms with Crippen molar-refractivity contribution in [1.29, 1.82) is 0 Å². The number of anilines is 1. The van der Waals surface area contributed by atoms with Crippen LogP contribution in [0.15, 0.2) is 54.7 Å². The standard InChI is InChI=1S/C33H41FN2O4/c1-22-28(30(31(37)38)40-32(2,3)4)29(36-17-15-33(5,6)16-18-36)25(21-35-22)24-12-13-27(26(34)20-24)39-19-14-23-10-8-7-9-11-23/h7-13,20-21,30H,14-19H2,1-6H3,(H,37,38)/t30-/m0/s1. The Morgan fingerprint density at radius 2 is 1.80 bits per heavy atom. The van der Waals surface area contributed by atoms with E-state index in [0.717, 1.165) is 37.2 Å². The summed E-state index contributed by atoms with van der Waals surface area (Å²) >= 11 is 0. The number of hydrogen-bond acceptors (Lipinski definition) is 5. The Morgan fingerprint density at radius 1 is 1.12 bits per heavy atom. The van der Waals surface area contributed by atoms with E-state index in [0.29, 0.717) is 35.4 Å². The maximum Gasteiger partial charge on any atom is 0.337 e. The Kier molecular flexibility index (Phi) is 8.83. The second kappa shape index (κ2) is 12.0. The first-order valence-corrected chi connectivity index (χ1v) is 14.0. The van der Waals surface area contributed by atoms with Crippen LogP contribution in [0.1, 0.15) is 70.4 Å². The highest BCUT2D eigenvalue weighted by molar-refractivity contribution is 5.86. The van der Waals surface area contributed by atoms with Gasteiger partial charge in [0.05, 0.1) is 17.9 Å². The molecular weight excluding hydrogens is 507 g/mol. The molecule has 0 aliphatic carbocycles. The summed E-state index contributed by atoms with van der Waals surface area (Å²) in [6, 6.07) is 14.8. The van der Waals surface area contributed by atoms with Gasteiger partial charge in [-0.3, -0.25) is 4.98 Å². The molecule has 0 spiro atoms. The number of benzene rings is 2. The summed E-state index contributed by atoms with van der Waals surface area (Å²) in [6.45, 7) is 13.7. The molecule has 1 aliphatic heterocycles. The fourth-order valence-corrected chi connectivity index (χ4v) is 5.11. The maximum absolute atomic E-state index is 15.3. The predicted octanol–water partition coefficient (Wildman–Crippen LogP) is 7.38. The summed E-state index contributed by atoms with van der Waals surface area (Å²) in [7, 11) is 0. The number of nitrogens with zero attached hydrogens (tertiary/aromatic N) is 2. The molecule has 0 unspecified atom stereocenters. The molecule has 40 heavy (non-hydrogen) atoms. The van der Waals surface area contributed by atoms with E-state index in [1.54, 1.807) is 12.3 Å². The van der Waals surface area contributed by atoms with E-state index in [1.807, 2.05) is 64.1 Å². The molecule has 6 nitrogen and oxygen atoms in total. The van der Waals surface area contributed by atoms with Gasteiger partial charge in [-0.1, -0.05) is 50.2 Å². The summed E-state index contributed by atoms with van der Waals surface area (Å²) in [4.78, 5) is 19.4. The van der Waals surface area contributed by atoms with Crippen LogP contribution in [0.3, 0.4) is 0 Å². The number of ether oxygens (including phenoxy) is 2. The Balaban J connectivity index is 1.73. The molecule has 4 rings (SSSR count). The lowest BCUT2D eigenvalue weighted by molar-refractivity contribution is -0.160. The first-order valence-electron chi connectivity index (χ1n) is 14.0. The van der Waals surface area contributed by atoms with Gasteiger partial charge in [-0.15, -0.1) is 0 Å². The van der Waals surface area contributed by atoms with Crippen LogP contribution >= 0.6 is 0 Å². The van der Waals surface area contributed by atoms with Gasteiger partial charge < -0.3 is 19.5 Å². The number of carboxylic acid groups (broad SMARTS) is 1. The Hall–Kier alpha value is -3.45. The fourth-order valence-electron chi connectivity index (χ4n) is 5.11. The summed E-state index contributed by atoms with van der Waals surface area (Å²) < 4.78 is 27.2. The average Bonchev–Trinajstić information content (AvgIpc) is 2.88. The number of piperidine rings is 1. The van der Waals surface area contributed by atoms with Crippen molar-refractivity contribution >= 4 is 11.7 Å². The van der Waals surface area contributed by atoms with Crippen LogP contribution in [0.25, 0.3) is 11.1 Å². The summed E-state index contributed by atoms with van der Waals surface area (Å²) in [5, 5.41) is 10.3. The van der Waals surface area contributed by atoms with Crippen molar-refractivity contribution in [2.45, 2.75) is 72.5 Å². The molecule has 1 saturated heterocycles. The third kappa shape index (κ3) is 7.19. The van der Waals surface area contributed by atoms with Gasteiger partial charge in [-0.25, -0.2) is 9.18 Å². The lowest BCUT2D eigenvalue weighted by Crippen LogP contribution is -2.39. The monoisotopic (exact) mass is 548 g/mol. The minimum absolute atomic E-state index is 0.181. The van der Waals surface area contributed by atoms with E-state index < -0.39 is 23.5 Å². The van der Waals surface area contributed by atoms with E-state index in [9.17, 15) is 9.90 Å². The zero-order valence-corrected chi connectivity index (χ0v) is 24.5. The van der Waals surface area contributed by atoms with Crippen molar-refractivity contribution in [3.05, 3.63) is 77.4 Å². The van der Waals surface area contributed by atoms with E-state index in [-0.39, 0.29) is 11.2 Å². The van der Waals surface area contributed by atoms with Gasteiger partial charge in [-0.2, -0.15) is 0 Å². The van der Waals surface area contributed by atoms with Crippen molar-refractivity contribution in [3.8, 4) is 16.9 Å². The summed E-state index contributed by atoms with van der Waals surface area (Å²) in [5.41, 5.74) is 3.76. The zero-order valence-electron chi connectivity index (χ0n) is 24.5. The number of halogens is 1. The third-order valence-electron chi connectivity index (χ3n) is 7.41. The van der Waals surface area contributed by atoms with Crippen molar-refractivity contribution in [1.82, 2.24) is 4.98 Å². The first kappa shape index (κ1) is 29.5. The number of carbonyl (C=O) groups is 1. The molecule has 0 amide bonds. The van der Waals surface area contributed by atoms with Crippen molar-refractivity contribution in [3.63, 3.8) is 0 Å². The topological polar surface area (TPSA) is 71.9 Å². The van der Waals surface area contributed by atoms with Crippen LogP contribution in [0.4, 0.5) is 10.1 Å². The summed E-state index contributed by atoms with van der Waals surface area (Å²) in [6.07, 6.45) is 3.08. The SMILES string of the molecule is Cc1ncc(-c2ccc(OCCc3ccccc3)c(F)c2)c(N2CCC(C)(C)CC2)c1[C@H](OC(C)(C)C)C(=O)O. The van der Waals surface area contributed by atoms with E-state index >= 15 is 4.39 Å². The third-order valence-corrected chi connectivity index (χ3v) is 7.41. The zero-order chi connectivity index (χ0) is 29.1. The molecule has 0 bridgehead atoms. The predicted molar refractivity (Wildman–Crippen MR) is 156 cm³/mol. The molecular formula is C33H41FN2O4. The Labute approximate surface area is 237 Å². The molecule has 2 heterocycles. The van der Waals surface area contributed by atoms with E-state index in [4.69, 9.17) is 9.47 Å². The minimum atomic E-state index is -1.22. The van der Waals surface area contributed by atoms with Gasteiger partial charge >= 0.3 is 5.97 Å². The molecule has 0 radical (unpaired) electrons. The second-order valence-electron chi connectivity index (χ2n) is 12.3. The highest BCUT2D eigenvalue weighted by atomic mass is 19.1. The maximum atomic E-state index is 15.3. The fraction of sp³-hybridized carbons (Fsp3) is 0.455. The molecule has 3 aromatic rings. The molecule has 214 valence electrons. The number of carboxylic acids is 1. The van der Waals surface area contributed by atoms with Crippen molar-refractivity contribution in [2.24, 2.45) is 5.41 Å². The van der Waals surface area contributed by atoms with Crippen molar-refractivity contribution in [2.75, 3.05) is 24.6 Å². The highest BCUT2D eigenvalue weighted by Crippen LogP contribution is 2.43. The van der Waals surface area contributed by atoms with Gasteiger partial charge in [0, 0.05) is 42.5 Å². The van der Waals surface area contributed by atoms with Crippen LogP contribution in [0, 0.1) is 18.2 Å². The number of aliphatic carboxylic acids is 1. The summed E-state index contributed by atoms with van der Waals surface area (Å²) in [5.74, 6) is -1.37. The van der Waals surface area contributed by atoms with Crippen LogP contribution in [-0.2, 0) is 16.0 Å². The number of pyridine rings is 1. The van der Waals surface area contributed by atoms with Gasteiger partial charge in [-0.05, 0) is 69.2 Å². The molecule has 1 fully saturated rings. The average molecular weight is 549 g/mol.